The molecule has 1 N–H and O–H groups in total. The summed E-state index contributed by atoms with van der Waals surface area (Å²) in [5, 5.41) is 7.36. The fourth-order valence-electron chi connectivity index (χ4n) is 3.97. The van der Waals surface area contributed by atoms with Gasteiger partial charge in [0, 0.05) is 43.0 Å². The maximum atomic E-state index is 13.4. The highest BCUT2D eigenvalue weighted by atomic mass is 19.4. The van der Waals surface area contributed by atoms with Gasteiger partial charge in [-0.25, -0.2) is 4.68 Å². The van der Waals surface area contributed by atoms with Crippen molar-refractivity contribution >= 4 is 11.7 Å². The van der Waals surface area contributed by atoms with Crippen LogP contribution < -0.4 is 5.32 Å². The van der Waals surface area contributed by atoms with Crippen LogP contribution in [0.4, 0.5) is 19.0 Å². The molecule has 6 nitrogen and oxygen atoms in total. The number of carbonyl (C=O) groups excluding carboxylic acids is 1. The second-order valence-electron chi connectivity index (χ2n) is 7.56. The third-order valence-corrected chi connectivity index (χ3v) is 5.42. The first kappa shape index (κ1) is 18.8. The van der Waals surface area contributed by atoms with Gasteiger partial charge in [-0.2, -0.15) is 18.3 Å². The molecule has 2 aromatic heterocycles. The Bertz CT molecular complexity index is 851. The lowest BCUT2D eigenvalue weighted by Crippen LogP contribution is -2.37. The molecule has 1 unspecified atom stereocenters. The van der Waals surface area contributed by atoms with Crippen LogP contribution >= 0.6 is 0 Å². The van der Waals surface area contributed by atoms with Crippen LogP contribution in [0, 0.1) is 0 Å². The van der Waals surface area contributed by atoms with Gasteiger partial charge in [0.15, 0.2) is 6.04 Å². The highest BCUT2D eigenvalue weighted by molar-refractivity contribution is 5.78. The number of halogens is 3. The van der Waals surface area contributed by atoms with E-state index in [2.05, 4.69) is 15.4 Å². The fraction of sp³-hybridized carbons (Fsp3) is 0.526. The molecule has 0 spiro atoms. The van der Waals surface area contributed by atoms with E-state index in [1.807, 2.05) is 6.07 Å². The molecule has 0 aliphatic carbocycles. The fourth-order valence-corrected chi connectivity index (χ4v) is 3.97. The summed E-state index contributed by atoms with van der Waals surface area (Å²) < 4.78 is 41.3. The highest BCUT2D eigenvalue weighted by Gasteiger charge is 2.46. The Balaban J connectivity index is 1.47. The number of fused-ring (bicyclic) bond motifs is 1. The lowest BCUT2D eigenvalue weighted by Gasteiger charge is -2.31. The number of hydrogen-bond donors (Lipinski definition) is 1. The number of aromatic nitrogens is 3. The Labute approximate surface area is 160 Å². The SMILES string of the molecule is C[C@@H]1C[C@H](C(F)(F)F)n2nc(C3CCN(C(=O)Cc4ccccn4)C3)cc2N1. The molecular weight excluding hydrogens is 371 g/mol. The van der Waals surface area contributed by atoms with Gasteiger partial charge in [0.2, 0.25) is 5.91 Å². The van der Waals surface area contributed by atoms with E-state index in [1.54, 1.807) is 36.2 Å². The largest absolute Gasteiger partial charge is 0.410 e. The van der Waals surface area contributed by atoms with Gasteiger partial charge in [-0.1, -0.05) is 6.07 Å². The second kappa shape index (κ2) is 7.10. The molecule has 9 heteroatoms. The predicted octanol–water partition coefficient (Wildman–Crippen LogP) is 3.14. The summed E-state index contributed by atoms with van der Waals surface area (Å²) in [6.07, 6.45) is -1.82. The van der Waals surface area contributed by atoms with E-state index in [9.17, 15) is 18.0 Å². The molecular formula is C19H22F3N5O. The lowest BCUT2D eigenvalue weighted by molar-refractivity contribution is -0.173. The van der Waals surface area contributed by atoms with Crippen molar-refractivity contribution in [1.29, 1.82) is 0 Å². The Morgan fingerprint density at radius 1 is 1.36 bits per heavy atom. The minimum atomic E-state index is -4.34. The average Bonchev–Trinajstić information content (AvgIpc) is 3.27. The number of nitrogens with zero attached hydrogens (tertiary/aromatic N) is 4. The van der Waals surface area contributed by atoms with Crippen molar-refractivity contribution in [3.8, 4) is 0 Å². The second-order valence-corrected chi connectivity index (χ2v) is 7.56. The molecule has 150 valence electrons. The molecule has 3 atom stereocenters. The number of rotatable bonds is 3. The van der Waals surface area contributed by atoms with Crippen LogP contribution in [0.1, 0.15) is 43.1 Å². The van der Waals surface area contributed by atoms with Gasteiger partial charge in [0.25, 0.3) is 0 Å². The Morgan fingerprint density at radius 2 is 2.18 bits per heavy atom. The van der Waals surface area contributed by atoms with Crippen LogP contribution in [0.25, 0.3) is 0 Å². The topological polar surface area (TPSA) is 63.1 Å². The van der Waals surface area contributed by atoms with E-state index in [1.165, 1.54) is 0 Å². The summed E-state index contributed by atoms with van der Waals surface area (Å²) in [5.41, 5.74) is 1.32. The predicted molar refractivity (Wildman–Crippen MR) is 96.9 cm³/mol. The monoisotopic (exact) mass is 393 g/mol. The smallest absolute Gasteiger partial charge is 0.368 e. The van der Waals surface area contributed by atoms with E-state index < -0.39 is 12.2 Å². The first-order valence-electron chi connectivity index (χ1n) is 9.41. The zero-order chi connectivity index (χ0) is 19.9. The Hall–Kier alpha value is -2.58. The third kappa shape index (κ3) is 3.70. The Morgan fingerprint density at radius 3 is 2.89 bits per heavy atom. The quantitative estimate of drug-likeness (QED) is 0.870. The van der Waals surface area contributed by atoms with E-state index in [4.69, 9.17) is 0 Å². The molecule has 1 amide bonds. The summed E-state index contributed by atoms with van der Waals surface area (Å²) in [7, 11) is 0. The molecule has 1 fully saturated rings. The number of anilines is 1. The van der Waals surface area contributed by atoms with Crippen LogP contribution in [0.2, 0.25) is 0 Å². The Kier molecular flexibility index (Phi) is 4.76. The van der Waals surface area contributed by atoms with Crippen LogP contribution in [-0.4, -0.2) is 50.9 Å². The number of hydrogen-bond acceptors (Lipinski definition) is 4. The number of pyridine rings is 1. The van der Waals surface area contributed by atoms with Gasteiger partial charge < -0.3 is 10.2 Å². The van der Waals surface area contributed by atoms with Gasteiger partial charge in [-0.3, -0.25) is 9.78 Å². The molecule has 2 aliphatic rings. The van der Waals surface area contributed by atoms with Gasteiger partial charge in [0.1, 0.15) is 5.82 Å². The van der Waals surface area contributed by atoms with E-state index in [0.717, 1.165) is 4.68 Å². The number of alkyl halides is 3. The molecule has 28 heavy (non-hydrogen) atoms. The summed E-state index contributed by atoms with van der Waals surface area (Å²) in [4.78, 5) is 18.4. The van der Waals surface area contributed by atoms with Crippen LogP contribution in [0.3, 0.4) is 0 Å². The maximum absolute atomic E-state index is 13.4. The molecule has 0 radical (unpaired) electrons. The summed E-state index contributed by atoms with van der Waals surface area (Å²) >= 11 is 0. The summed E-state index contributed by atoms with van der Waals surface area (Å²) in [6, 6.07) is 5.25. The normalized spacial score (nSPS) is 24.7. The first-order valence-corrected chi connectivity index (χ1v) is 9.41. The van der Waals surface area contributed by atoms with E-state index >= 15 is 0 Å². The molecule has 2 aromatic rings. The van der Waals surface area contributed by atoms with Crippen molar-refractivity contribution in [1.82, 2.24) is 19.7 Å². The lowest BCUT2D eigenvalue weighted by atomic mass is 10.0. The number of nitrogens with one attached hydrogen (secondary N) is 1. The van der Waals surface area contributed by atoms with Crippen molar-refractivity contribution < 1.29 is 18.0 Å². The summed E-state index contributed by atoms with van der Waals surface area (Å²) in [6.45, 7) is 2.78. The van der Waals surface area contributed by atoms with E-state index in [-0.39, 0.29) is 30.7 Å². The van der Waals surface area contributed by atoms with E-state index in [0.29, 0.717) is 36.7 Å². The molecule has 0 bridgehead atoms. The number of amides is 1. The molecule has 4 heterocycles. The van der Waals surface area contributed by atoms with Crippen LogP contribution in [0.5, 0.6) is 0 Å². The minimum absolute atomic E-state index is 0.0231. The standard InChI is InChI=1S/C19H22F3N5O/c1-12-8-16(19(20,21)22)27-17(24-12)10-15(25-27)13-5-7-26(11-13)18(28)9-14-4-2-3-6-23-14/h2-4,6,10,12-13,16,24H,5,7-9,11H2,1H3/t12-,13?,16-/m1/s1. The highest BCUT2D eigenvalue weighted by Crippen LogP contribution is 2.40. The molecule has 2 aliphatic heterocycles. The summed E-state index contributed by atoms with van der Waals surface area (Å²) in [5.74, 6) is 0.316. The minimum Gasteiger partial charge on any atom is -0.368 e. The van der Waals surface area contributed by atoms with Crippen molar-refractivity contribution in [3.63, 3.8) is 0 Å². The van der Waals surface area contributed by atoms with Crippen molar-refractivity contribution in [2.45, 2.75) is 50.4 Å². The first-order chi connectivity index (χ1) is 13.3. The van der Waals surface area contributed by atoms with Gasteiger partial charge >= 0.3 is 6.18 Å². The molecule has 0 saturated carbocycles. The van der Waals surface area contributed by atoms with Gasteiger partial charge in [-0.05, 0) is 31.9 Å². The van der Waals surface area contributed by atoms with Crippen LogP contribution in [0.15, 0.2) is 30.5 Å². The molecule has 4 rings (SSSR count). The van der Waals surface area contributed by atoms with Gasteiger partial charge in [-0.15, -0.1) is 0 Å². The van der Waals surface area contributed by atoms with Crippen LogP contribution in [-0.2, 0) is 11.2 Å². The average molecular weight is 393 g/mol. The van der Waals surface area contributed by atoms with Gasteiger partial charge in [0.05, 0.1) is 12.1 Å². The molecule has 1 saturated heterocycles. The zero-order valence-electron chi connectivity index (χ0n) is 15.5. The number of carbonyl (C=O) groups is 1. The maximum Gasteiger partial charge on any atom is 0.410 e. The van der Waals surface area contributed by atoms with Crippen molar-refractivity contribution in [2.75, 3.05) is 18.4 Å². The van der Waals surface area contributed by atoms with Crippen molar-refractivity contribution in [2.24, 2.45) is 0 Å². The van der Waals surface area contributed by atoms with Crippen molar-refractivity contribution in [3.05, 3.63) is 41.9 Å². The molecule has 0 aromatic carbocycles. The zero-order valence-corrected chi connectivity index (χ0v) is 15.5. The number of likely N-dealkylation sites (tertiary alicyclic amines) is 1. The third-order valence-electron chi connectivity index (χ3n) is 5.42.